The van der Waals surface area contributed by atoms with Crippen LogP contribution in [0, 0.1) is 122 Å². The van der Waals surface area contributed by atoms with Crippen molar-refractivity contribution in [2.24, 2.45) is 110 Å². The molecule has 0 amide bonds. The van der Waals surface area contributed by atoms with Crippen molar-refractivity contribution in [2.45, 2.75) is 214 Å². The number of nitrogens with one attached hydrogen (secondary N) is 1. The number of ether oxygens (including phenoxy) is 2. The Morgan fingerprint density at radius 2 is 1.52 bits per heavy atom. The Kier molecular flexibility index (Phi) is 14.4. The van der Waals surface area contributed by atoms with Crippen LogP contribution in [-0.4, -0.2) is 104 Å². The van der Waals surface area contributed by atoms with Gasteiger partial charge in [-0.25, -0.2) is 4.79 Å². The van der Waals surface area contributed by atoms with Crippen LogP contribution in [0.25, 0.3) is 0 Å². The first-order valence-electron chi connectivity index (χ1n) is 36.7. The molecular formula is C80H99NO9S2. The topological polar surface area (TPSA) is 166 Å². The van der Waals surface area contributed by atoms with Crippen molar-refractivity contribution in [2.75, 3.05) is 18.6 Å². The number of aliphatic hydroxyl groups is 5. The highest BCUT2D eigenvalue weighted by Gasteiger charge is 2.90. The Balaban J connectivity index is 0.848. The number of rotatable bonds is 6. The van der Waals surface area contributed by atoms with E-state index in [1.54, 1.807) is 6.08 Å². The Labute approximate surface area is 553 Å². The van der Waals surface area contributed by atoms with Gasteiger partial charge < -0.3 is 45.1 Å². The number of fused-ring (bicyclic) bond motifs is 10. The fourth-order valence-electron chi connectivity index (χ4n) is 28.4. The highest BCUT2D eigenvalue weighted by Crippen LogP contribution is 2.86. The van der Waals surface area contributed by atoms with E-state index in [0.29, 0.717) is 86.9 Å². The minimum absolute atomic E-state index is 0.0197. The minimum Gasteiger partial charge on any atom is -0.454 e. The van der Waals surface area contributed by atoms with Gasteiger partial charge in [0.1, 0.15) is 23.6 Å². The van der Waals surface area contributed by atoms with Crippen LogP contribution in [0.2, 0.25) is 0 Å². The van der Waals surface area contributed by atoms with Crippen molar-refractivity contribution in [1.82, 2.24) is 5.32 Å². The molecule has 0 aromatic heterocycles. The van der Waals surface area contributed by atoms with Crippen LogP contribution in [0.1, 0.15) is 175 Å². The number of aldehydes is 1. The van der Waals surface area contributed by atoms with E-state index in [4.69, 9.17) is 9.47 Å². The van der Waals surface area contributed by atoms with E-state index in [1.165, 1.54) is 36.7 Å². The molecule has 3 heterocycles. The summed E-state index contributed by atoms with van der Waals surface area (Å²) >= 11 is 0. The molecule has 3 aromatic carbocycles. The smallest absolute Gasteiger partial charge is 0.331 e. The van der Waals surface area contributed by atoms with Crippen molar-refractivity contribution in [3.05, 3.63) is 118 Å². The summed E-state index contributed by atoms with van der Waals surface area (Å²) in [5, 5.41) is 76.7. The lowest BCUT2D eigenvalue weighted by Crippen LogP contribution is -2.88. The van der Waals surface area contributed by atoms with Crippen molar-refractivity contribution in [3.63, 3.8) is 0 Å². The maximum atomic E-state index is 16.3. The van der Waals surface area contributed by atoms with Gasteiger partial charge in [-0.05, 0) is 259 Å². The van der Waals surface area contributed by atoms with Crippen LogP contribution in [0.4, 0.5) is 0 Å². The van der Waals surface area contributed by atoms with Gasteiger partial charge in [0.25, 0.3) is 0 Å². The average Bonchev–Trinajstić information content (AvgIpc) is 1.22. The van der Waals surface area contributed by atoms with Gasteiger partial charge in [0, 0.05) is 69.1 Å². The molecule has 28 unspecified atom stereocenters. The summed E-state index contributed by atoms with van der Waals surface area (Å²) < 4.78 is 14.8. The second-order valence-corrected chi connectivity index (χ2v) is 36.7. The molecule has 11 saturated carbocycles. The molecule has 0 radical (unpaired) electrons. The van der Waals surface area contributed by atoms with Crippen molar-refractivity contribution < 1.29 is 44.6 Å². The van der Waals surface area contributed by atoms with Gasteiger partial charge in [0.2, 0.25) is 0 Å². The molecule has 13 aliphatic carbocycles. The highest BCUT2D eigenvalue weighted by atomic mass is 33.1. The van der Waals surface area contributed by atoms with E-state index >= 15 is 20.1 Å². The predicted molar refractivity (Wildman–Crippen MR) is 357 cm³/mol. The Hall–Kier alpha value is -3.48. The van der Waals surface area contributed by atoms with Crippen molar-refractivity contribution in [3.8, 4) is 11.8 Å². The van der Waals surface area contributed by atoms with E-state index < -0.39 is 74.3 Å². The van der Waals surface area contributed by atoms with Crippen LogP contribution < -0.4 is 5.32 Å². The van der Waals surface area contributed by atoms with Gasteiger partial charge >= 0.3 is 5.97 Å². The summed E-state index contributed by atoms with van der Waals surface area (Å²) in [5.41, 5.74) is -3.60. The van der Waals surface area contributed by atoms with E-state index in [2.05, 4.69) is 102 Å². The molecule has 6 N–H and O–H groups in total. The third-order valence-electron chi connectivity index (χ3n) is 31.7. The van der Waals surface area contributed by atoms with Crippen LogP contribution in [-0.2, 0) is 38.5 Å². The lowest BCUT2D eigenvalue weighted by molar-refractivity contribution is -0.405. The maximum absolute atomic E-state index is 16.3. The molecule has 10 nitrogen and oxygen atoms in total. The van der Waals surface area contributed by atoms with Gasteiger partial charge in [0.05, 0.1) is 35.9 Å². The first-order valence-corrected chi connectivity index (χ1v) is 39.2. The zero-order valence-corrected chi connectivity index (χ0v) is 55.9. The number of benzene rings is 3. The highest BCUT2D eigenvalue weighted by molar-refractivity contribution is 8.76. The van der Waals surface area contributed by atoms with Gasteiger partial charge in [-0.15, -0.1) is 0 Å². The summed E-state index contributed by atoms with van der Waals surface area (Å²) in [6.45, 7) is 2.33. The predicted octanol–water partition coefficient (Wildman–Crippen LogP) is 12.4. The summed E-state index contributed by atoms with van der Waals surface area (Å²) in [6, 6.07) is 27.9. The zero-order chi connectivity index (χ0) is 62.5. The van der Waals surface area contributed by atoms with E-state index in [1.807, 2.05) is 30.0 Å². The van der Waals surface area contributed by atoms with Gasteiger partial charge in [-0.2, -0.15) is 0 Å². The Bertz CT molecular complexity index is 3520. The number of carbonyl (C=O) groups is 2. The molecule has 3 aliphatic heterocycles. The molecule has 14 bridgehead atoms. The van der Waals surface area contributed by atoms with E-state index in [0.717, 1.165) is 104 Å². The Morgan fingerprint density at radius 1 is 0.739 bits per heavy atom. The molecule has 3 aromatic rings. The van der Waals surface area contributed by atoms with Crippen molar-refractivity contribution in [1.29, 1.82) is 0 Å². The molecule has 16 aliphatic rings. The van der Waals surface area contributed by atoms with Crippen LogP contribution >= 0.6 is 21.6 Å². The largest absolute Gasteiger partial charge is 0.454 e. The number of esters is 1. The van der Waals surface area contributed by atoms with Gasteiger partial charge in [-0.3, -0.25) is 0 Å². The first-order chi connectivity index (χ1) is 44.6. The monoisotopic (exact) mass is 1280 g/mol. The number of carbonyl (C=O) groups excluding carboxylic acids is 2. The fourth-order valence-corrected chi connectivity index (χ4v) is 31.1. The molecule has 4 spiro atoms. The first kappa shape index (κ1) is 60.9. The minimum atomic E-state index is -2.25. The SMILES string of the molecule is CNC1Cc2c(cccc2CO)C#CC2(CCC(Cc3ccccc3)C2)CC23CCC4C5(C=O)CC67C8CC9CC(c%10ccccc%10)CCC96CCC8C6CSSCC8CCC(C8)C(C)C8CCC(C7O6)C5(O)C(C8)C(O)C4(O)C2(O)CC2CC1C1OC(=O)C=C1C23. The number of likely N-dealkylation sites (N-methyl/N-ethyl adjacent to an activating group) is 1. The lowest BCUT2D eigenvalue weighted by Gasteiger charge is -2.78. The molecule has 28 atom stereocenters. The van der Waals surface area contributed by atoms with E-state index in [9.17, 15) is 15.0 Å². The quantitative estimate of drug-likeness (QED) is 0.0600. The molecular weight excluding hydrogens is 1180 g/mol. The Morgan fingerprint density at radius 3 is 2.34 bits per heavy atom. The summed E-state index contributed by atoms with van der Waals surface area (Å²) in [4.78, 5) is 30.7. The lowest BCUT2D eigenvalue weighted by atomic mass is 9.29. The number of aliphatic hydroxyl groups excluding tert-OH is 2. The number of hydrogen-bond acceptors (Lipinski definition) is 12. The third-order valence-corrected chi connectivity index (χ3v) is 34.2. The fraction of sp³-hybridized carbons (Fsp3) is 0.700. The normalized spacial score (nSPS) is 51.4. The average molecular weight is 1280 g/mol. The summed E-state index contributed by atoms with van der Waals surface area (Å²) in [7, 11) is 6.07. The van der Waals surface area contributed by atoms with Crippen LogP contribution in [0.15, 0.2) is 90.5 Å². The second-order valence-electron chi connectivity index (χ2n) is 34.2. The zero-order valence-electron chi connectivity index (χ0n) is 54.3. The summed E-state index contributed by atoms with van der Waals surface area (Å²) in [5.74, 6) is 9.70. The van der Waals surface area contributed by atoms with Crippen LogP contribution in [0.3, 0.4) is 0 Å². The molecule has 92 heavy (non-hydrogen) atoms. The molecule has 19 rings (SSSR count). The van der Waals surface area contributed by atoms with Gasteiger partial charge in [0.15, 0.2) is 0 Å². The molecule has 2 saturated heterocycles. The number of hydrogen-bond donors (Lipinski definition) is 6. The summed E-state index contributed by atoms with van der Waals surface area (Å²) in [6.07, 6.45) is 18.9. The van der Waals surface area contributed by atoms with Crippen LogP contribution in [0.5, 0.6) is 0 Å². The maximum Gasteiger partial charge on any atom is 0.331 e. The molecule has 12 heteroatoms. The molecule has 13 fully saturated rings. The van der Waals surface area contributed by atoms with E-state index in [-0.39, 0.29) is 72.3 Å². The standard InChI is InChI=1S/C80H99NO9S2/c1-46-52-17-16-49(31-52)41-91-92-42-66-58-23-28-74-27-22-54(50-12-7-4-8-13-50)32-57(74)35-63(58)77(74)44-76(45-83)67-24-29-75-43-73(25-20-48(38-73)30-47-10-5-3-6-11-47)26-21-51-14-9-15-55(40-82)59(51)36-65(81-2)60-33-56(69(75)61-37-68(84)90-70(60)61)39-78(75,86)80(67,88)71(85)64-34-53(46)18-19-62(72(77)89-66)79(64,76)87/h3-15,37,45-46,48-49,52-54,56-58,60,62-67,69-72,81-82,85-88H,16-20,22-25,27-36,38-44H2,1-2H3. The molecule has 490 valence electrons. The van der Waals surface area contributed by atoms with Gasteiger partial charge in [-0.1, -0.05) is 113 Å². The third kappa shape index (κ3) is 8.04. The van der Waals surface area contributed by atoms with Crippen molar-refractivity contribution >= 4 is 33.8 Å². The second kappa shape index (κ2) is 21.8.